The molecule has 4 heteroatoms. The maximum absolute atomic E-state index is 5.55. The van der Waals surface area contributed by atoms with Gasteiger partial charge < -0.3 is 14.7 Å². The zero-order valence-electron chi connectivity index (χ0n) is 11.3. The molecule has 2 N–H and O–H groups in total. The minimum atomic E-state index is 0.214. The number of para-hydroxylation sites is 1. The number of H-pyrrole nitrogens is 1. The number of halogens is 1. The van der Waals surface area contributed by atoms with Crippen LogP contribution >= 0.6 is 15.9 Å². The normalized spacial score (nSPS) is 12.9. The number of nitrogens with one attached hydrogen (secondary N) is 2. The van der Waals surface area contributed by atoms with E-state index in [2.05, 4.69) is 63.6 Å². The summed E-state index contributed by atoms with van der Waals surface area (Å²) in [5.41, 5.74) is 2.55. The Hall–Kier alpha value is -1.52. The highest BCUT2D eigenvalue weighted by atomic mass is 79.9. The standard InChI is InChI=1S/C16H17BrN2O/c1-11(15-6-7-16(17)20-15)18-9-8-12-10-19-14-5-3-2-4-13(12)14/h2-7,10-11,18-19H,8-9H2,1H3. The highest BCUT2D eigenvalue weighted by Gasteiger charge is 2.09. The van der Waals surface area contributed by atoms with E-state index in [0.29, 0.717) is 0 Å². The zero-order chi connectivity index (χ0) is 13.9. The molecule has 1 unspecified atom stereocenters. The van der Waals surface area contributed by atoms with E-state index in [1.54, 1.807) is 0 Å². The molecule has 0 saturated heterocycles. The van der Waals surface area contributed by atoms with Gasteiger partial charge in [0.2, 0.25) is 0 Å². The van der Waals surface area contributed by atoms with Crippen LogP contribution in [0.4, 0.5) is 0 Å². The second-order valence-electron chi connectivity index (χ2n) is 4.93. The molecule has 1 aromatic carbocycles. The van der Waals surface area contributed by atoms with Crippen LogP contribution in [0.5, 0.6) is 0 Å². The molecule has 0 radical (unpaired) electrons. The van der Waals surface area contributed by atoms with Gasteiger partial charge in [-0.25, -0.2) is 0 Å². The summed E-state index contributed by atoms with van der Waals surface area (Å²) >= 11 is 3.33. The monoisotopic (exact) mass is 332 g/mol. The van der Waals surface area contributed by atoms with E-state index in [4.69, 9.17) is 4.42 Å². The molecule has 1 atom stereocenters. The van der Waals surface area contributed by atoms with Gasteiger partial charge in [0.1, 0.15) is 5.76 Å². The van der Waals surface area contributed by atoms with Gasteiger partial charge >= 0.3 is 0 Å². The van der Waals surface area contributed by atoms with Crippen molar-refractivity contribution in [2.75, 3.05) is 6.54 Å². The Balaban J connectivity index is 1.60. The number of hydrogen-bond donors (Lipinski definition) is 2. The Bertz CT molecular complexity index is 701. The Morgan fingerprint density at radius 2 is 2.10 bits per heavy atom. The third kappa shape index (κ3) is 2.81. The molecule has 0 amide bonds. The van der Waals surface area contributed by atoms with Gasteiger partial charge in [-0.1, -0.05) is 18.2 Å². The lowest BCUT2D eigenvalue weighted by molar-refractivity contribution is 0.420. The number of rotatable bonds is 5. The van der Waals surface area contributed by atoms with E-state index in [1.807, 2.05) is 12.1 Å². The van der Waals surface area contributed by atoms with Gasteiger partial charge in [-0.2, -0.15) is 0 Å². The van der Waals surface area contributed by atoms with Gasteiger partial charge in [0.15, 0.2) is 4.67 Å². The third-order valence-corrected chi connectivity index (χ3v) is 3.97. The topological polar surface area (TPSA) is 41.0 Å². The molecule has 0 fully saturated rings. The molecule has 2 aromatic heterocycles. The Kier molecular flexibility index (Phi) is 3.94. The molecule has 104 valence electrons. The molecule has 0 aliphatic heterocycles. The summed E-state index contributed by atoms with van der Waals surface area (Å²) in [4.78, 5) is 3.31. The highest BCUT2D eigenvalue weighted by Crippen LogP contribution is 2.21. The summed E-state index contributed by atoms with van der Waals surface area (Å²) < 4.78 is 6.33. The van der Waals surface area contributed by atoms with Gasteiger partial charge in [-0.15, -0.1) is 0 Å². The summed E-state index contributed by atoms with van der Waals surface area (Å²) in [5, 5.41) is 4.79. The molecule has 0 spiro atoms. The second-order valence-corrected chi connectivity index (χ2v) is 5.71. The van der Waals surface area contributed by atoms with Crippen LogP contribution in [0.25, 0.3) is 10.9 Å². The van der Waals surface area contributed by atoms with Crippen molar-refractivity contribution >= 4 is 26.8 Å². The van der Waals surface area contributed by atoms with Crippen molar-refractivity contribution in [2.24, 2.45) is 0 Å². The maximum Gasteiger partial charge on any atom is 0.169 e. The number of fused-ring (bicyclic) bond motifs is 1. The molecule has 3 aromatic rings. The van der Waals surface area contributed by atoms with Crippen LogP contribution in [0.3, 0.4) is 0 Å². The van der Waals surface area contributed by atoms with Crippen LogP contribution < -0.4 is 5.32 Å². The van der Waals surface area contributed by atoms with E-state index in [0.717, 1.165) is 23.4 Å². The quantitative estimate of drug-likeness (QED) is 0.726. The largest absolute Gasteiger partial charge is 0.453 e. The van der Waals surface area contributed by atoms with Gasteiger partial charge in [0, 0.05) is 17.1 Å². The molecular weight excluding hydrogens is 316 g/mol. The van der Waals surface area contributed by atoms with Crippen LogP contribution in [0.15, 0.2) is 51.7 Å². The van der Waals surface area contributed by atoms with Crippen molar-refractivity contribution in [3.05, 3.63) is 58.6 Å². The summed E-state index contributed by atoms with van der Waals surface area (Å²) in [7, 11) is 0. The first-order chi connectivity index (χ1) is 9.74. The van der Waals surface area contributed by atoms with Gasteiger partial charge in [0.05, 0.1) is 6.04 Å². The minimum Gasteiger partial charge on any atom is -0.453 e. The van der Waals surface area contributed by atoms with Crippen molar-refractivity contribution < 1.29 is 4.42 Å². The lowest BCUT2D eigenvalue weighted by Crippen LogP contribution is -2.20. The Morgan fingerprint density at radius 3 is 2.90 bits per heavy atom. The SMILES string of the molecule is CC(NCCc1c[nH]c2ccccc12)c1ccc(Br)o1. The van der Waals surface area contributed by atoms with Crippen molar-refractivity contribution in [2.45, 2.75) is 19.4 Å². The molecule has 3 rings (SSSR count). The van der Waals surface area contributed by atoms with E-state index < -0.39 is 0 Å². The summed E-state index contributed by atoms with van der Waals surface area (Å²) in [5.74, 6) is 0.954. The lowest BCUT2D eigenvalue weighted by atomic mass is 10.1. The first kappa shape index (κ1) is 13.5. The maximum atomic E-state index is 5.55. The number of hydrogen-bond acceptors (Lipinski definition) is 2. The number of furan rings is 1. The van der Waals surface area contributed by atoms with Crippen LogP contribution in [-0.4, -0.2) is 11.5 Å². The Morgan fingerprint density at radius 1 is 1.25 bits per heavy atom. The predicted molar refractivity (Wildman–Crippen MR) is 84.8 cm³/mol. The first-order valence-electron chi connectivity index (χ1n) is 6.77. The minimum absolute atomic E-state index is 0.214. The lowest BCUT2D eigenvalue weighted by Gasteiger charge is -2.10. The van der Waals surface area contributed by atoms with Crippen LogP contribution in [0.1, 0.15) is 24.3 Å². The van der Waals surface area contributed by atoms with Crippen LogP contribution in [0.2, 0.25) is 0 Å². The van der Waals surface area contributed by atoms with E-state index >= 15 is 0 Å². The summed E-state index contributed by atoms with van der Waals surface area (Å²) in [6.07, 6.45) is 3.09. The molecule has 20 heavy (non-hydrogen) atoms. The van der Waals surface area contributed by atoms with Crippen LogP contribution in [-0.2, 0) is 6.42 Å². The Labute approximate surface area is 126 Å². The third-order valence-electron chi connectivity index (χ3n) is 3.54. The van der Waals surface area contributed by atoms with Crippen molar-refractivity contribution in [1.29, 1.82) is 0 Å². The molecule has 0 aliphatic carbocycles. The van der Waals surface area contributed by atoms with Gasteiger partial charge in [0.25, 0.3) is 0 Å². The smallest absolute Gasteiger partial charge is 0.169 e. The molecule has 0 bridgehead atoms. The van der Waals surface area contributed by atoms with Crippen LogP contribution in [0, 0.1) is 0 Å². The molecule has 0 aliphatic rings. The molecular formula is C16H17BrN2O. The van der Waals surface area contributed by atoms with E-state index in [1.165, 1.54) is 16.5 Å². The molecule has 2 heterocycles. The predicted octanol–water partition coefficient (Wildman–Crippen LogP) is 4.42. The second kappa shape index (κ2) is 5.85. The van der Waals surface area contributed by atoms with Crippen molar-refractivity contribution in [1.82, 2.24) is 10.3 Å². The van der Waals surface area contributed by atoms with Gasteiger partial charge in [-0.3, -0.25) is 0 Å². The molecule has 0 saturated carbocycles. The summed E-state index contributed by atoms with van der Waals surface area (Å²) in [6.45, 7) is 3.03. The fourth-order valence-electron chi connectivity index (χ4n) is 2.42. The van der Waals surface area contributed by atoms with E-state index in [-0.39, 0.29) is 6.04 Å². The van der Waals surface area contributed by atoms with Crippen molar-refractivity contribution in [3.63, 3.8) is 0 Å². The van der Waals surface area contributed by atoms with Crippen molar-refractivity contribution in [3.8, 4) is 0 Å². The number of aromatic amines is 1. The fourth-order valence-corrected chi connectivity index (χ4v) is 2.74. The first-order valence-corrected chi connectivity index (χ1v) is 7.57. The summed E-state index contributed by atoms with van der Waals surface area (Å²) in [6, 6.07) is 12.5. The van der Waals surface area contributed by atoms with E-state index in [9.17, 15) is 0 Å². The number of aromatic nitrogens is 1. The zero-order valence-corrected chi connectivity index (χ0v) is 12.9. The molecule has 3 nitrogen and oxygen atoms in total. The average Bonchev–Trinajstić information content (AvgIpc) is 3.06. The average molecular weight is 333 g/mol. The highest BCUT2D eigenvalue weighted by molar-refractivity contribution is 9.10. The number of benzene rings is 1. The fraction of sp³-hybridized carbons (Fsp3) is 0.250. The van der Waals surface area contributed by atoms with Gasteiger partial charge in [-0.05, 0) is 59.6 Å².